The average Bonchev–Trinajstić information content (AvgIpc) is 3.60. The molecule has 0 saturated carbocycles. The molecule has 5 atom stereocenters. The number of carbonyl (C=O) groups is 1. The fourth-order valence-corrected chi connectivity index (χ4v) is 10.7. The van der Waals surface area contributed by atoms with Gasteiger partial charge in [0.2, 0.25) is 0 Å². The van der Waals surface area contributed by atoms with Crippen molar-refractivity contribution in [3.63, 3.8) is 0 Å². The Kier molecular flexibility index (Phi) is 18.2. The maximum atomic E-state index is 14.2. The standard InChI is InChI=1S/C51H71N4O11PSi/c1-34(2)55(35(3)4)67(63-30-18-29-52)65-43-42(33-62-51(37-19-16-15-17-20-37,38-21-25-40(59-11)26-22-38)39-23-27-41(60-12)28-24-39)64-46(44(43)66-68(13,14)50(8,9)10)54-31-36(45(56)53-48(54)58)32-61-47(57)49(5,6)7/h15-17,19-28,31,34-35,42-44,46H,18,30,32-33H2,1-14H3,(H,53,56,58)/t42-,43+,44?,46-,67?/m1/s1. The van der Waals surface area contributed by atoms with Gasteiger partial charge in [0.1, 0.15) is 42.0 Å². The summed E-state index contributed by atoms with van der Waals surface area (Å²) in [6.07, 6.45) is -2.61. The first-order valence-corrected chi connectivity index (χ1v) is 27.1. The van der Waals surface area contributed by atoms with Crippen LogP contribution in [-0.2, 0) is 44.7 Å². The number of aromatic nitrogens is 2. The Labute approximate surface area is 404 Å². The van der Waals surface area contributed by atoms with Gasteiger partial charge in [0.25, 0.3) is 14.1 Å². The number of H-pyrrole nitrogens is 1. The van der Waals surface area contributed by atoms with Gasteiger partial charge >= 0.3 is 11.7 Å². The maximum absolute atomic E-state index is 14.2. The van der Waals surface area contributed by atoms with Gasteiger partial charge in [-0.1, -0.05) is 75.4 Å². The molecule has 15 nitrogen and oxygen atoms in total. The van der Waals surface area contributed by atoms with Gasteiger partial charge in [0.15, 0.2) is 14.5 Å². The molecule has 370 valence electrons. The van der Waals surface area contributed by atoms with E-state index in [0.717, 1.165) is 16.7 Å². The molecule has 0 aliphatic carbocycles. The molecule has 1 aromatic heterocycles. The van der Waals surface area contributed by atoms with E-state index in [-0.39, 0.29) is 42.3 Å². The zero-order valence-corrected chi connectivity index (χ0v) is 44.0. The molecule has 2 heterocycles. The number of nitrogens with one attached hydrogen (secondary N) is 1. The third-order valence-corrected chi connectivity index (χ3v) is 18.9. The lowest BCUT2D eigenvalue weighted by atomic mass is 9.80. The van der Waals surface area contributed by atoms with E-state index in [9.17, 15) is 19.6 Å². The molecule has 17 heteroatoms. The monoisotopic (exact) mass is 974 g/mol. The minimum Gasteiger partial charge on any atom is -0.497 e. The van der Waals surface area contributed by atoms with Crippen LogP contribution in [0.5, 0.6) is 11.5 Å². The van der Waals surface area contributed by atoms with Crippen molar-refractivity contribution in [2.45, 2.75) is 143 Å². The predicted molar refractivity (Wildman–Crippen MR) is 265 cm³/mol. The number of hydrogen-bond acceptors (Lipinski definition) is 13. The number of aromatic amines is 1. The first-order chi connectivity index (χ1) is 32.0. The Morgan fingerprint density at radius 2 is 1.40 bits per heavy atom. The summed E-state index contributed by atoms with van der Waals surface area (Å²) in [6, 6.07) is 27.3. The first-order valence-electron chi connectivity index (χ1n) is 23.1. The fourth-order valence-electron chi connectivity index (χ4n) is 7.69. The van der Waals surface area contributed by atoms with Crippen LogP contribution in [0.1, 0.15) is 104 Å². The second-order valence-electron chi connectivity index (χ2n) is 20.0. The van der Waals surface area contributed by atoms with Crippen molar-refractivity contribution in [1.29, 1.82) is 5.26 Å². The van der Waals surface area contributed by atoms with Crippen molar-refractivity contribution >= 4 is 22.8 Å². The summed E-state index contributed by atoms with van der Waals surface area (Å²) >= 11 is 0. The van der Waals surface area contributed by atoms with E-state index >= 15 is 0 Å². The molecule has 1 saturated heterocycles. The summed E-state index contributed by atoms with van der Waals surface area (Å²) in [6.45, 7) is 23.5. The second kappa shape index (κ2) is 22.8. The minimum absolute atomic E-state index is 0.0315. The van der Waals surface area contributed by atoms with Crippen molar-refractivity contribution < 1.29 is 42.0 Å². The van der Waals surface area contributed by atoms with Gasteiger partial charge in [-0.25, -0.2) is 9.46 Å². The number of nitrogens with zero attached hydrogens (tertiary/aromatic N) is 3. The van der Waals surface area contributed by atoms with Crippen LogP contribution >= 0.6 is 8.53 Å². The van der Waals surface area contributed by atoms with E-state index in [0.29, 0.717) is 11.5 Å². The van der Waals surface area contributed by atoms with E-state index in [1.807, 2.05) is 78.9 Å². The molecule has 0 amide bonds. The molecule has 1 aliphatic rings. The van der Waals surface area contributed by atoms with Crippen LogP contribution in [0.2, 0.25) is 18.1 Å². The van der Waals surface area contributed by atoms with Crippen LogP contribution in [0.3, 0.4) is 0 Å². The lowest BCUT2D eigenvalue weighted by molar-refractivity contribution is -0.154. The van der Waals surface area contributed by atoms with E-state index in [4.69, 9.17) is 37.2 Å². The number of carbonyl (C=O) groups excluding carboxylic acids is 1. The molecule has 1 aliphatic heterocycles. The van der Waals surface area contributed by atoms with Gasteiger partial charge < -0.3 is 37.2 Å². The van der Waals surface area contributed by atoms with Crippen LogP contribution in [0.15, 0.2) is 94.6 Å². The summed E-state index contributed by atoms with van der Waals surface area (Å²) in [7, 11) is -1.45. The molecule has 2 unspecified atom stereocenters. The number of methoxy groups -OCH3 is 2. The van der Waals surface area contributed by atoms with E-state index in [1.165, 1.54) is 10.8 Å². The number of rotatable bonds is 21. The Hall–Kier alpha value is -4.69. The topological polar surface area (TPSA) is 173 Å². The Bertz CT molecular complexity index is 2370. The fraction of sp³-hybridized carbons (Fsp3) is 0.529. The quantitative estimate of drug-likeness (QED) is 0.0275. The first kappa shape index (κ1) is 54.3. The van der Waals surface area contributed by atoms with Crippen LogP contribution in [0.25, 0.3) is 0 Å². The van der Waals surface area contributed by atoms with Crippen molar-refractivity contribution in [3.8, 4) is 17.6 Å². The summed E-state index contributed by atoms with van der Waals surface area (Å²) in [5, 5.41) is 9.28. The highest BCUT2D eigenvalue weighted by Crippen LogP contribution is 2.52. The number of hydrogen-bond donors (Lipinski definition) is 1. The van der Waals surface area contributed by atoms with Crippen LogP contribution in [0.4, 0.5) is 0 Å². The average molecular weight is 975 g/mol. The predicted octanol–water partition coefficient (Wildman–Crippen LogP) is 9.60. The molecule has 0 bridgehead atoms. The molecule has 0 radical (unpaired) electrons. The zero-order chi connectivity index (χ0) is 50.2. The highest BCUT2D eigenvalue weighted by Gasteiger charge is 2.54. The van der Waals surface area contributed by atoms with E-state index < -0.39 is 76.2 Å². The normalized spacial score (nSPS) is 18.5. The van der Waals surface area contributed by atoms with Crippen LogP contribution in [0, 0.1) is 16.7 Å². The zero-order valence-electron chi connectivity index (χ0n) is 42.2. The van der Waals surface area contributed by atoms with Crippen LogP contribution in [-0.4, -0.2) is 86.3 Å². The summed E-state index contributed by atoms with van der Waals surface area (Å²) in [4.78, 5) is 42.9. The smallest absolute Gasteiger partial charge is 0.330 e. The van der Waals surface area contributed by atoms with Crippen molar-refractivity contribution in [2.24, 2.45) is 5.41 Å². The highest BCUT2D eigenvalue weighted by atomic mass is 31.2. The lowest BCUT2D eigenvalue weighted by Gasteiger charge is -2.42. The molecule has 1 N–H and O–H groups in total. The van der Waals surface area contributed by atoms with Gasteiger partial charge in [0, 0.05) is 18.3 Å². The molecule has 5 rings (SSSR count). The second-order valence-corrected chi connectivity index (χ2v) is 26.1. The van der Waals surface area contributed by atoms with Gasteiger partial charge in [0.05, 0.1) is 50.9 Å². The third-order valence-electron chi connectivity index (χ3n) is 12.3. The number of nitriles is 1. The molecule has 4 aromatic rings. The van der Waals surface area contributed by atoms with Crippen molar-refractivity contribution in [1.82, 2.24) is 14.2 Å². The Morgan fingerprint density at radius 3 is 1.88 bits per heavy atom. The third kappa shape index (κ3) is 12.5. The SMILES string of the molecule is COc1ccc(C(OC[C@H]2O[C@@H](n3cc(COC(=O)C(C)(C)C)c(=O)[nH]c3=O)C(O[Si](C)(C)C(C)(C)C)[C@H]2OP(OCCC#N)N(C(C)C)C(C)C)(c2ccccc2)c2ccc(OC)cc2)cc1. The molecule has 1 fully saturated rings. The molecular formula is C51H71N4O11PSi. The Balaban J connectivity index is 1.77. The minimum atomic E-state index is -2.77. The van der Waals surface area contributed by atoms with Gasteiger partial charge in [-0.3, -0.25) is 19.1 Å². The molecule has 3 aromatic carbocycles. The number of ether oxygens (including phenoxy) is 5. The van der Waals surface area contributed by atoms with Gasteiger partial charge in [-0.15, -0.1) is 0 Å². The highest BCUT2D eigenvalue weighted by molar-refractivity contribution is 7.44. The molecule has 68 heavy (non-hydrogen) atoms. The number of esters is 1. The molecule has 0 spiro atoms. The van der Waals surface area contributed by atoms with Gasteiger partial charge in [-0.2, -0.15) is 5.26 Å². The van der Waals surface area contributed by atoms with Crippen LogP contribution < -0.4 is 20.7 Å². The molecular weight excluding hydrogens is 904 g/mol. The van der Waals surface area contributed by atoms with Gasteiger partial charge in [-0.05, 0) is 108 Å². The number of benzene rings is 3. The van der Waals surface area contributed by atoms with E-state index in [1.54, 1.807) is 35.0 Å². The van der Waals surface area contributed by atoms with Crippen molar-refractivity contribution in [2.75, 3.05) is 27.4 Å². The lowest BCUT2D eigenvalue weighted by Crippen LogP contribution is -2.51. The maximum Gasteiger partial charge on any atom is 0.330 e. The summed E-state index contributed by atoms with van der Waals surface area (Å²) in [5.74, 6) is 0.807. The summed E-state index contributed by atoms with van der Waals surface area (Å²) in [5.41, 5.74) is -1.15. The largest absolute Gasteiger partial charge is 0.497 e. The van der Waals surface area contributed by atoms with E-state index in [2.05, 4.69) is 77.3 Å². The van der Waals surface area contributed by atoms with Crippen molar-refractivity contribution in [3.05, 3.63) is 128 Å². The Morgan fingerprint density at radius 1 is 0.853 bits per heavy atom. The summed E-state index contributed by atoms with van der Waals surface area (Å²) < 4.78 is 55.9.